The lowest BCUT2D eigenvalue weighted by Gasteiger charge is -2.35. The Kier molecular flexibility index (Phi) is 4.86. The molecule has 2 aliphatic rings. The largest absolute Gasteiger partial charge is 0.480 e. The average Bonchev–Trinajstić information content (AvgIpc) is 2.39. The SMILES string of the molecule is CC1CC(NC(=O)NC2(C(=O)O)CCCCC2)CCO1. The second-order valence-corrected chi connectivity index (χ2v) is 5.95. The molecule has 0 spiro atoms. The summed E-state index contributed by atoms with van der Waals surface area (Å²) in [4.78, 5) is 23.6. The molecule has 3 N–H and O–H groups in total. The molecular formula is C14H24N2O4. The highest BCUT2D eigenvalue weighted by molar-refractivity contribution is 5.86. The van der Waals surface area contributed by atoms with E-state index >= 15 is 0 Å². The predicted molar refractivity (Wildman–Crippen MR) is 73.6 cm³/mol. The fraction of sp³-hybridized carbons (Fsp3) is 0.857. The van der Waals surface area contributed by atoms with Crippen LogP contribution in [0.2, 0.25) is 0 Å². The van der Waals surface area contributed by atoms with Crippen LogP contribution in [0.1, 0.15) is 51.9 Å². The van der Waals surface area contributed by atoms with Crippen molar-refractivity contribution >= 4 is 12.0 Å². The molecule has 1 aliphatic heterocycles. The molecule has 1 saturated carbocycles. The van der Waals surface area contributed by atoms with Gasteiger partial charge in [0.2, 0.25) is 0 Å². The van der Waals surface area contributed by atoms with Crippen LogP contribution in [0.15, 0.2) is 0 Å². The lowest BCUT2D eigenvalue weighted by atomic mass is 9.82. The van der Waals surface area contributed by atoms with Gasteiger partial charge in [-0.2, -0.15) is 0 Å². The van der Waals surface area contributed by atoms with Crippen molar-refractivity contribution in [1.29, 1.82) is 0 Å². The maximum atomic E-state index is 12.1. The van der Waals surface area contributed by atoms with E-state index in [4.69, 9.17) is 4.74 Å². The number of nitrogens with one attached hydrogen (secondary N) is 2. The molecule has 6 heteroatoms. The lowest BCUT2D eigenvalue weighted by Crippen LogP contribution is -2.59. The van der Waals surface area contributed by atoms with Crippen molar-refractivity contribution in [2.75, 3.05) is 6.61 Å². The summed E-state index contributed by atoms with van der Waals surface area (Å²) >= 11 is 0. The molecule has 2 rings (SSSR count). The molecule has 0 aromatic heterocycles. The van der Waals surface area contributed by atoms with Gasteiger partial charge in [0.05, 0.1) is 6.10 Å². The third-order valence-electron chi connectivity index (χ3n) is 4.29. The molecule has 2 fully saturated rings. The molecule has 20 heavy (non-hydrogen) atoms. The van der Waals surface area contributed by atoms with Crippen molar-refractivity contribution in [3.05, 3.63) is 0 Å². The number of hydrogen-bond acceptors (Lipinski definition) is 3. The zero-order valence-corrected chi connectivity index (χ0v) is 12.0. The van der Waals surface area contributed by atoms with Gasteiger partial charge in [-0.05, 0) is 32.6 Å². The zero-order chi connectivity index (χ0) is 14.6. The molecule has 2 atom stereocenters. The van der Waals surface area contributed by atoms with E-state index in [0.29, 0.717) is 19.4 Å². The third kappa shape index (κ3) is 3.62. The van der Waals surface area contributed by atoms with Gasteiger partial charge in [0.25, 0.3) is 0 Å². The Morgan fingerprint density at radius 1 is 1.25 bits per heavy atom. The van der Waals surface area contributed by atoms with Crippen molar-refractivity contribution in [1.82, 2.24) is 10.6 Å². The maximum absolute atomic E-state index is 12.1. The van der Waals surface area contributed by atoms with E-state index < -0.39 is 11.5 Å². The van der Waals surface area contributed by atoms with Crippen LogP contribution in [-0.4, -0.2) is 41.4 Å². The minimum atomic E-state index is -1.08. The Morgan fingerprint density at radius 3 is 2.55 bits per heavy atom. The Bertz CT molecular complexity index is 366. The number of rotatable bonds is 3. The molecule has 0 bridgehead atoms. The van der Waals surface area contributed by atoms with Gasteiger partial charge >= 0.3 is 12.0 Å². The van der Waals surface area contributed by atoms with Crippen molar-refractivity contribution in [3.8, 4) is 0 Å². The molecule has 1 aliphatic carbocycles. The molecule has 0 aromatic carbocycles. The molecule has 0 aromatic rings. The number of amides is 2. The summed E-state index contributed by atoms with van der Waals surface area (Å²) in [7, 11) is 0. The van der Waals surface area contributed by atoms with E-state index in [1.807, 2.05) is 6.92 Å². The number of aliphatic carboxylic acids is 1. The van der Waals surface area contributed by atoms with Gasteiger partial charge in [-0.15, -0.1) is 0 Å². The number of carbonyl (C=O) groups is 2. The fourth-order valence-corrected chi connectivity index (χ4v) is 3.12. The highest BCUT2D eigenvalue weighted by Crippen LogP contribution is 2.28. The first-order chi connectivity index (χ1) is 9.52. The summed E-state index contributed by atoms with van der Waals surface area (Å²) in [5.41, 5.74) is -1.08. The first kappa shape index (κ1) is 15.1. The van der Waals surface area contributed by atoms with Gasteiger partial charge in [0, 0.05) is 12.6 Å². The average molecular weight is 284 g/mol. The topological polar surface area (TPSA) is 87.7 Å². The van der Waals surface area contributed by atoms with Gasteiger partial charge in [0.1, 0.15) is 5.54 Å². The number of carbonyl (C=O) groups excluding carboxylic acids is 1. The van der Waals surface area contributed by atoms with Crippen molar-refractivity contribution in [2.45, 2.75) is 69.6 Å². The molecule has 2 amide bonds. The number of hydrogen-bond donors (Lipinski definition) is 3. The maximum Gasteiger partial charge on any atom is 0.329 e. The number of urea groups is 1. The highest BCUT2D eigenvalue weighted by atomic mass is 16.5. The highest BCUT2D eigenvalue weighted by Gasteiger charge is 2.41. The Morgan fingerprint density at radius 2 is 1.95 bits per heavy atom. The van der Waals surface area contributed by atoms with E-state index in [0.717, 1.165) is 32.1 Å². The van der Waals surface area contributed by atoms with Crippen LogP contribution in [0.4, 0.5) is 4.79 Å². The van der Waals surface area contributed by atoms with Crippen molar-refractivity contribution in [2.24, 2.45) is 0 Å². The van der Waals surface area contributed by atoms with Crippen LogP contribution >= 0.6 is 0 Å². The smallest absolute Gasteiger partial charge is 0.329 e. The molecule has 1 heterocycles. The minimum Gasteiger partial charge on any atom is -0.480 e. The van der Waals surface area contributed by atoms with Gasteiger partial charge in [-0.25, -0.2) is 9.59 Å². The van der Waals surface area contributed by atoms with Crippen molar-refractivity contribution in [3.63, 3.8) is 0 Å². The second-order valence-electron chi connectivity index (χ2n) is 5.95. The zero-order valence-electron chi connectivity index (χ0n) is 12.0. The first-order valence-corrected chi connectivity index (χ1v) is 7.45. The monoisotopic (exact) mass is 284 g/mol. The standard InChI is InChI=1S/C14H24N2O4/c1-10-9-11(5-8-20-10)15-13(19)16-14(12(17)18)6-3-2-4-7-14/h10-11H,2-9H2,1H3,(H,17,18)(H2,15,16,19). The molecule has 1 saturated heterocycles. The third-order valence-corrected chi connectivity index (χ3v) is 4.29. The lowest BCUT2D eigenvalue weighted by molar-refractivity contribution is -0.145. The Labute approximate surface area is 119 Å². The number of carboxylic acid groups (broad SMARTS) is 1. The van der Waals surface area contributed by atoms with E-state index in [-0.39, 0.29) is 18.2 Å². The number of carboxylic acids is 1. The molecule has 6 nitrogen and oxygen atoms in total. The first-order valence-electron chi connectivity index (χ1n) is 7.45. The van der Waals surface area contributed by atoms with Crippen LogP contribution in [-0.2, 0) is 9.53 Å². The summed E-state index contributed by atoms with van der Waals surface area (Å²) in [6.45, 7) is 2.61. The number of ether oxygens (including phenoxy) is 1. The van der Waals surface area contributed by atoms with Crippen molar-refractivity contribution < 1.29 is 19.4 Å². The summed E-state index contributed by atoms with van der Waals surface area (Å²) < 4.78 is 5.43. The van der Waals surface area contributed by atoms with Crippen LogP contribution < -0.4 is 10.6 Å². The van der Waals surface area contributed by atoms with Crippen LogP contribution in [0.5, 0.6) is 0 Å². The Balaban J connectivity index is 1.90. The summed E-state index contributed by atoms with van der Waals surface area (Å²) in [5, 5.41) is 15.0. The second kappa shape index (κ2) is 6.43. The summed E-state index contributed by atoms with van der Waals surface area (Å²) in [6.07, 6.45) is 5.44. The quantitative estimate of drug-likeness (QED) is 0.735. The van der Waals surface area contributed by atoms with Gasteiger partial charge in [0.15, 0.2) is 0 Å². The van der Waals surface area contributed by atoms with Crippen LogP contribution in [0.25, 0.3) is 0 Å². The molecule has 2 unspecified atom stereocenters. The minimum absolute atomic E-state index is 0.0631. The summed E-state index contributed by atoms with van der Waals surface area (Å²) in [6, 6.07) is -0.304. The van der Waals surface area contributed by atoms with Crippen LogP contribution in [0, 0.1) is 0 Å². The van der Waals surface area contributed by atoms with E-state index in [1.165, 1.54) is 0 Å². The molecular weight excluding hydrogens is 260 g/mol. The Hall–Kier alpha value is -1.30. The van der Waals surface area contributed by atoms with Gasteiger partial charge in [-0.1, -0.05) is 19.3 Å². The fourth-order valence-electron chi connectivity index (χ4n) is 3.12. The van der Waals surface area contributed by atoms with Gasteiger partial charge < -0.3 is 20.5 Å². The molecule has 114 valence electrons. The van der Waals surface area contributed by atoms with E-state index in [2.05, 4.69) is 10.6 Å². The van der Waals surface area contributed by atoms with E-state index in [1.54, 1.807) is 0 Å². The normalized spacial score (nSPS) is 29.4. The molecule has 0 radical (unpaired) electrons. The van der Waals surface area contributed by atoms with Crippen LogP contribution in [0.3, 0.4) is 0 Å². The summed E-state index contributed by atoms with van der Waals surface area (Å²) in [5.74, 6) is -0.923. The van der Waals surface area contributed by atoms with E-state index in [9.17, 15) is 14.7 Å². The predicted octanol–water partition coefficient (Wildman–Crippen LogP) is 1.64. The van der Waals surface area contributed by atoms with Gasteiger partial charge in [-0.3, -0.25) is 0 Å².